The van der Waals surface area contributed by atoms with Gasteiger partial charge in [-0.3, -0.25) is 9.78 Å². The highest BCUT2D eigenvalue weighted by Gasteiger charge is 2.01. The van der Waals surface area contributed by atoms with Crippen molar-refractivity contribution >= 4 is 22.9 Å². The maximum absolute atomic E-state index is 10.7. The zero-order chi connectivity index (χ0) is 13.7. The van der Waals surface area contributed by atoms with Crippen LogP contribution in [0, 0.1) is 6.92 Å². The van der Waals surface area contributed by atoms with Crippen LogP contribution in [-0.4, -0.2) is 17.4 Å². The number of amides is 1. The number of benzene rings is 1. The van der Waals surface area contributed by atoms with E-state index < -0.39 is 0 Å². The molecular formula is C16H18N2O. The molecule has 0 unspecified atom stereocenters. The standard InChI is InChI=1S/C16H18N2O/c1-12-14(6-3-4-10-17-13(2)19)8-9-15-7-5-11-18-16(12)15/h3,5-9,11H,4,10H2,1-2H3,(H,17,19). The van der Waals surface area contributed by atoms with Crippen molar-refractivity contribution in [3.05, 3.63) is 47.7 Å². The molecule has 1 amide bonds. The molecule has 0 bridgehead atoms. The summed E-state index contributed by atoms with van der Waals surface area (Å²) in [5.41, 5.74) is 3.41. The first-order chi connectivity index (χ1) is 9.18. The lowest BCUT2D eigenvalue weighted by Crippen LogP contribution is -2.20. The number of fused-ring (bicyclic) bond motifs is 1. The second-order valence-electron chi connectivity index (χ2n) is 4.53. The molecule has 2 rings (SSSR count). The van der Waals surface area contributed by atoms with E-state index in [2.05, 4.69) is 47.6 Å². The third-order valence-electron chi connectivity index (χ3n) is 3.05. The van der Waals surface area contributed by atoms with Crippen molar-refractivity contribution in [2.45, 2.75) is 20.3 Å². The zero-order valence-electron chi connectivity index (χ0n) is 11.3. The summed E-state index contributed by atoms with van der Waals surface area (Å²) in [5, 5.41) is 3.94. The Morgan fingerprint density at radius 2 is 2.21 bits per heavy atom. The number of nitrogens with zero attached hydrogens (tertiary/aromatic N) is 1. The first kappa shape index (κ1) is 13.3. The van der Waals surface area contributed by atoms with Gasteiger partial charge in [0.2, 0.25) is 5.91 Å². The molecule has 0 fully saturated rings. The number of nitrogens with one attached hydrogen (secondary N) is 1. The first-order valence-electron chi connectivity index (χ1n) is 6.44. The predicted octanol–water partition coefficient (Wildman–Crippen LogP) is 3.08. The third kappa shape index (κ3) is 3.41. The lowest BCUT2D eigenvalue weighted by Gasteiger charge is -2.05. The van der Waals surface area contributed by atoms with Gasteiger partial charge in [-0.05, 0) is 30.5 Å². The van der Waals surface area contributed by atoms with Crippen LogP contribution in [0.4, 0.5) is 0 Å². The van der Waals surface area contributed by atoms with Crippen LogP contribution in [0.5, 0.6) is 0 Å². The smallest absolute Gasteiger partial charge is 0.216 e. The van der Waals surface area contributed by atoms with Gasteiger partial charge >= 0.3 is 0 Å². The number of rotatable bonds is 4. The number of hydrogen-bond donors (Lipinski definition) is 1. The average Bonchev–Trinajstić information content (AvgIpc) is 2.41. The molecule has 0 aliphatic rings. The van der Waals surface area contributed by atoms with Crippen LogP contribution in [-0.2, 0) is 4.79 Å². The summed E-state index contributed by atoms with van der Waals surface area (Å²) in [4.78, 5) is 15.2. The van der Waals surface area contributed by atoms with Gasteiger partial charge in [0.1, 0.15) is 0 Å². The van der Waals surface area contributed by atoms with Gasteiger partial charge in [-0.15, -0.1) is 0 Å². The van der Waals surface area contributed by atoms with E-state index in [0.717, 1.165) is 17.3 Å². The second kappa shape index (κ2) is 6.14. The Morgan fingerprint density at radius 3 is 3.00 bits per heavy atom. The quantitative estimate of drug-likeness (QED) is 0.852. The molecule has 0 aliphatic carbocycles. The maximum Gasteiger partial charge on any atom is 0.216 e. The van der Waals surface area contributed by atoms with Crippen molar-refractivity contribution in [3.63, 3.8) is 0 Å². The molecule has 0 atom stereocenters. The second-order valence-corrected chi connectivity index (χ2v) is 4.53. The molecule has 1 aromatic heterocycles. The molecule has 0 aliphatic heterocycles. The minimum Gasteiger partial charge on any atom is -0.356 e. The lowest BCUT2D eigenvalue weighted by atomic mass is 10.0. The van der Waals surface area contributed by atoms with Crippen molar-refractivity contribution in [2.75, 3.05) is 6.54 Å². The number of aryl methyl sites for hydroxylation is 1. The molecule has 3 heteroatoms. The van der Waals surface area contributed by atoms with E-state index in [0.29, 0.717) is 6.54 Å². The van der Waals surface area contributed by atoms with E-state index in [1.165, 1.54) is 18.1 Å². The Kier molecular flexibility index (Phi) is 4.29. The van der Waals surface area contributed by atoms with Crippen molar-refractivity contribution in [2.24, 2.45) is 0 Å². The van der Waals surface area contributed by atoms with E-state index in [1.807, 2.05) is 12.3 Å². The fourth-order valence-corrected chi connectivity index (χ4v) is 2.03. The maximum atomic E-state index is 10.7. The highest BCUT2D eigenvalue weighted by Crippen LogP contribution is 2.20. The van der Waals surface area contributed by atoms with Crippen LogP contribution < -0.4 is 5.32 Å². The van der Waals surface area contributed by atoms with Crippen molar-refractivity contribution in [1.29, 1.82) is 0 Å². The lowest BCUT2D eigenvalue weighted by molar-refractivity contribution is -0.118. The summed E-state index contributed by atoms with van der Waals surface area (Å²) >= 11 is 0. The summed E-state index contributed by atoms with van der Waals surface area (Å²) in [6.45, 7) is 4.29. The van der Waals surface area contributed by atoms with Crippen LogP contribution in [0.25, 0.3) is 17.0 Å². The fourth-order valence-electron chi connectivity index (χ4n) is 2.03. The topological polar surface area (TPSA) is 42.0 Å². The molecule has 2 aromatic rings. The molecule has 0 radical (unpaired) electrons. The summed E-state index contributed by atoms with van der Waals surface area (Å²) in [7, 11) is 0. The predicted molar refractivity (Wildman–Crippen MR) is 78.8 cm³/mol. The number of carbonyl (C=O) groups is 1. The van der Waals surface area contributed by atoms with Gasteiger partial charge in [-0.25, -0.2) is 0 Å². The Balaban J connectivity index is 2.10. The van der Waals surface area contributed by atoms with E-state index in [-0.39, 0.29) is 5.91 Å². The molecule has 0 spiro atoms. The van der Waals surface area contributed by atoms with Gasteiger partial charge in [0.15, 0.2) is 0 Å². The average molecular weight is 254 g/mol. The highest BCUT2D eigenvalue weighted by molar-refractivity contribution is 5.84. The highest BCUT2D eigenvalue weighted by atomic mass is 16.1. The van der Waals surface area contributed by atoms with Gasteiger partial charge in [-0.2, -0.15) is 0 Å². The molecule has 1 heterocycles. The van der Waals surface area contributed by atoms with Crippen LogP contribution in [0.2, 0.25) is 0 Å². The normalized spacial score (nSPS) is 11.1. The molecule has 98 valence electrons. The SMILES string of the molecule is CC(=O)NCCC=Cc1ccc2cccnc2c1C. The van der Waals surface area contributed by atoms with E-state index in [1.54, 1.807) is 0 Å². The molecule has 1 aromatic carbocycles. The number of hydrogen-bond acceptors (Lipinski definition) is 2. The van der Waals surface area contributed by atoms with Gasteiger partial charge in [-0.1, -0.05) is 30.4 Å². The number of aromatic nitrogens is 1. The molecule has 0 saturated heterocycles. The molecule has 3 nitrogen and oxygen atoms in total. The fraction of sp³-hybridized carbons (Fsp3) is 0.250. The molecule has 19 heavy (non-hydrogen) atoms. The van der Waals surface area contributed by atoms with Crippen LogP contribution in [0.15, 0.2) is 36.5 Å². The minimum atomic E-state index is 0.0134. The molecular weight excluding hydrogens is 236 g/mol. The monoisotopic (exact) mass is 254 g/mol. The number of pyridine rings is 1. The van der Waals surface area contributed by atoms with E-state index in [9.17, 15) is 4.79 Å². The number of carbonyl (C=O) groups excluding carboxylic acids is 1. The van der Waals surface area contributed by atoms with Crippen LogP contribution >= 0.6 is 0 Å². The van der Waals surface area contributed by atoms with E-state index in [4.69, 9.17) is 0 Å². The Hall–Kier alpha value is -2.16. The first-order valence-corrected chi connectivity index (χ1v) is 6.44. The third-order valence-corrected chi connectivity index (χ3v) is 3.05. The van der Waals surface area contributed by atoms with Gasteiger partial charge in [0, 0.05) is 25.1 Å². The van der Waals surface area contributed by atoms with Crippen LogP contribution in [0.1, 0.15) is 24.5 Å². The Labute approximate surface area is 113 Å². The van der Waals surface area contributed by atoms with Crippen molar-refractivity contribution in [1.82, 2.24) is 10.3 Å². The molecule has 0 saturated carbocycles. The van der Waals surface area contributed by atoms with Gasteiger partial charge < -0.3 is 5.32 Å². The van der Waals surface area contributed by atoms with Crippen LogP contribution in [0.3, 0.4) is 0 Å². The van der Waals surface area contributed by atoms with Crippen molar-refractivity contribution < 1.29 is 4.79 Å². The van der Waals surface area contributed by atoms with E-state index >= 15 is 0 Å². The summed E-state index contributed by atoms with van der Waals surface area (Å²) in [5.74, 6) is 0.0134. The Bertz CT molecular complexity index is 617. The van der Waals surface area contributed by atoms with Crippen molar-refractivity contribution in [3.8, 4) is 0 Å². The summed E-state index contributed by atoms with van der Waals surface area (Å²) in [6, 6.07) is 8.21. The molecule has 1 N–H and O–H groups in total. The van der Waals surface area contributed by atoms with Gasteiger partial charge in [0.25, 0.3) is 0 Å². The minimum absolute atomic E-state index is 0.0134. The largest absolute Gasteiger partial charge is 0.356 e. The summed E-state index contributed by atoms with van der Waals surface area (Å²) < 4.78 is 0. The Morgan fingerprint density at radius 1 is 1.37 bits per heavy atom. The van der Waals surface area contributed by atoms with Gasteiger partial charge in [0.05, 0.1) is 5.52 Å². The summed E-state index contributed by atoms with van der Waals surface area (Å²) in [6.07, 6.45) is 6.82. The zero-order valence-corrected chi connectivity index (χ0v) is 11.3.